The number of piperazine rings is 1. The predicted octanol–water partition coefficient (Wildman–Crippen LogP) is 9.00. The number of carbonyl (C=O) groups is 1. The normalized spacial score (nSPS) is 19.6. The molecule has 1 aliphatic carbocycles. The molecule has 2 aliphatic heterocycles. The molecule has 1 aromatic heterocycles. The summed E-state index contributed by atoms with van der Waals surface area (Å²) in [5.74, 6) is 1.04. The average Bonchev–Trinajstić information content (AvgIpc) is 3.72. The Morgan fingerprint density at radius 1 is 0.984 bits per heavy atom. The molecule has 3 aliphatic rings. The van der Waals surface area contributed by atoms with Crippen LogP contribution in [-0.4, -0.2) is 84.1 Å². The molecule has 1 amide bonds. The highest BCUT2D eigenvalue weighted by molar-refractivity contribution is 7.90. The fourth-order valence-corrected chi connectivity index (χ4v) is 11.1. The number of aromatic nitrogens is 1. The van der Waals surface area contributed by atoms with Gasteiger partial charge in [0, 0.05) is 102 Å². The molecule has 0 radical (unpaired) electrons. The molecule has 8 rings (SSSR count). The van der Waals surface area contributed by atoms with Gasteiger partial charge >= 0.3 is 0 Å². The number of hydrogen-bond donors (Lipinski definition) is 3. The maximum atomic E-state index is 13.9. The van der Waals surface area contributed by atoms with Gasteiger partial charge in [0.15, 0.2) is 0 Å². The first kappa shape index (κ1) is 43.4. The number of benzene rings is 4. The van der Waals surface area contributed by atoms with Crippen molar-refractivity contribution in [3.05, 3.63) is 123 Å². The predicted molar refractivity (Wildman–Crippen MR) is 246 cm³/mol. The van der Waals surface area contributed by atoms with Crippen molar-refractivity contribution in [1.29, 1.82) is 0 Å². The topological polar surface area (TPSA) is 167 Å². The first-order chi connectivity index (χ1) is 29.7. The minimum absolute atomic E-state index is 0.0202. The first-order valence-electron chi connectivity index (χ1n) is 21.0. The van der Waals surface area contributed by atoms with Gasteiger partial charge in [-0.1, -0.05) is 43.2 Å². The number of amides is 1. The summed E-state index contributed by atoms with van der Waals surface area (Å²) in [5, 5.41) is 16.8. The van der Waals surface area contributed by atoms with Crippen molar-refractivity contribution in [2.75, 3.05) is 61.0 Å². The van der Waals surface area contributed by atoms with E-state index in [4.69, 9.17) is 16.3 Å². The van der Waals surface area contributed by atoms with Gasteiger partial charge in [0.2, 0.25) is 0 Å². The summed E-state index contributed by atoms with van der Waals surface area (Å²) in [7, 11) is -5.40. The number of H-pyrrole nitrogens is 1. The highest BCUT2D eigenvalue weighted by Crippen LogP contribution is 2.43. The van der Waals surface area contributed by atoms with Crippen molar-refractivity contribution >= 4 is 71.9 Å². The van der Waals surface area contributed by atoms with E-state index in [1.165, 1.54) is 28.8 Å². The van der Waals surface area contributed by atoms with Crippen LogP contribution in [-0.2, 0) is 20.8 Å². The number of anilines is 2. The van der Waals surface area contributed by atoms with Gasteiger partial charge in [-0.15, -0.1) is 0 Å². The smallest absolute Gasteiger partial charge is 0.293 e. The van der Waals surface area contributed by atoms with Crippen molar-refractivity contribution in [2.24, 2.45) is 11.3 Å². The van der Waals surface area contributed by atoms with Gasteiger partial charge in [0.25, 0.3) is 21.6 Å². The van der Waals surface area contributed by atoms with Gasteiger partial charge in [-0.25, -0.2) is 13.1 Å². The maximum Gasteiger partial charge on any atom is 0.293 e. The fraction of sp³-hybridized carbons (Fsp3) is 0.370. The molecule has 62 heavy (non-hydrogen) atoms. The molecule has 0 bridgehead atoms. The Bertz CT molecular complexity index is 2650. The zero-order chi connectivity index (χ0) is 43.6. The number of nitrogens with one attached hydrogen (secondary N) is 3. The van der Waals surface area contributed by atoms with Crippen LogP contribution in [0.2, 0.25) is 5.02 Å². The van der Waals surface area contributed by atoms with E-state index in [1.807, 2.05) is 36.5 Å². The summed E-state index contributed by atoms with van der Waals surface area (Å²) in [6, 6.07) is 24.2. The Hall–Kier alpha value is -5.22. The van der Waals surface area contributed by atoms with Crippen LogP contribution in [0, 0.1) is 21.4 Å². The van der Waals surface area contributed by atoms with E-state index in [0.717, 1.165) is 92.5 Å². The Morgan fingerprint density at radius 3 is 2.48 bits per heavy atom. The first-order valence-corrected chi connectivity index (χ1v) is 24.3. The van der Waals surface area contributed by atoms with Crippen molar-refractivity contribution in [2.45, 2.75) is 50.8 Å². The molecule has 5 aromatic rings. The van der Waals surface area contributed by atoms with Crippen LogP contribution in [0.15, 0.2) is 102 Å². The molecule has 0 saturated carbocycles. The molecule has 0 spiro atoms. The van der Waals surface area contributed by atoms with Gasteiger partial charge in [0.1, 0.15) is 17.2 Å². The number of nitro groups is 1. The highest BCUT2D eigenvalue weighted by Gasteiger charge is 2.31. The minimum atomic E-state index is -4.56. The largest absolute Gasteiger partial charge is 0.456 e. The third-order valence-electron chi connectivity index (χ3n) is 12.3. The lowest BCUT2D eigenvalue weighted by atomic mass is 9.72. The average molecular weight is 900 g/mol. The van der Waals surface area contributed by atoms with Crippen LogP contribution in [0.4, 0.5) is 17.1 Å². The number of halogens is 1. The molecular formula is C46H51ClN6O7S2. The molecule has 16 heteroatoms. The van der Waals surface area contributed by atoms with Crippen molar-refractivity contribution in [3.8, 4) is 11.5 Å². The molecular weight excluding hydrogens is 848 g/mol. The summed E-state index contributed by atoms with van der Waals surface area (Å²) < 4.78 is 47.6. The van der Waals surface area contributed by atoms with Crippen molar-refractivity contribution < 1.29 is 27.1 Å². The summed E-state index contributed by atoms with van der Waals surface area (Å²) >= 11 is 6.24. The minimum Gasteiger partial charge on any atom is -0.456 e. The Balaban J connectivity index is 0.999. The lowest BCUT2D eigenvalue weighted by molar-refractivity contribution is -0.384. The second-order valence-electron chi connectivity index (χ2n) is 17.2. The fourth-order valence-electron chi connectivity index (χ4n) is 8.62. The van der Waals surface area contributed by atoms with E-state index in [9.17, 15) is 27.5 Å². The van der Waals surface area contributed by atoms with E-state index in [-0.39, 0.29) is 28.3 Å². The Kier molecular flexibility index (Phi) is 12.8. The van der Waals surface area contributed by atoms with Crippen LogP contribution in [0.5, 0.6) is 11.5 Å². The standard InChI is InChI=1S/C46H51ClN6O7S2/c1-46(2)17-13-34(40(28-46)32-3-5-35(47)6-4-32)30-51-19-21-52(22-20-51)36-7-10-39(44(26-36)60-37-8-11-41-33(25-37)14-18-48-41)45(54)50-62(58,59)38-9-12-42(43(27-38)53(55)56)49-29-31-15-23-61(57)24-16-31/h3-12,14,18,25-27,31,48-49H,13,15-17,19-24,28-30H2,1-2H3,(H,50,54). The molecule has 3 heterocycles. The Labute approximate surface area is 369 Å². The van der Waals surface area contributed by atoms with Crippen LogP contribution in [0.1, 0.15) is 61.9 Å². The van der Waals surface area contributed by atoms with E-state index in [1.54, 1.807) is 24.3 Å². The van der Waals surface area contributed by atoms with Crippen molar-refractivity contribution in [1.82, 2.24) is 14.6 Å². The second kappa shape index (κ2) is 18.2. The number of hydrogen-bond acceptors (Lipinski definition) is 10. The summed E-state index contributed by atoms with van der Waals surface area (Å²) in [6.07, 6.45) is 6.49. The third-order valence-corrected chi connectivity index (χ3v) is 15.2. The summed E-state index contributed by atoms with van der Waals surface area (Å²) in [6.45, 7) is 9.09. The molecule has 326 valence electrons. The number of nitro benzene ring substituents is 1. The van der Waals surface area contributed by atoms with Crippen molar-refractivity contribution in [3.63, 3.8) is 0 Å². The zero-order valence-electron chi connectivity index (χ0n) is 34.8. The molecule has 2 fully saturated rings. The summed E-state index contributed by atoms with van der Waals surface area (Å²) in [5.41, 5.74) is 5.77. The summed E-state index contributed by atoms with van der Waals surface area (Å²) in [4.78, 5) is 32.8. The van der Waals surface area contributed by atoms with Crippen LogP contribution >= 0.6 is 11.6 Å². The number of carbonyl (C=O) groups excluding carboxylic acids is 1. The maximum absolute atomic E-state index is 13.9. The number of nitrogens with zero attached hydrogens (tertiary/aromatic N) is 3. The monoisotopic (exact) mass is 898 g/mol. The molecule has 2 saturated heterocycles. The number of ether oxygens (including phenoxy) is 1. The zero-order valence-corrected chi connectivity index (χ0v) is 37.2. The van der Waals surface area contributed by atoms with E-state index >= 15 is 0 Å². The van der Waals surface area contributed by atoms with Crippen LogP contribution in [0.25, 0.3) is 16.5 Å². The molecule has 13 nitrogen and oxygen atoms in total. The van der Waals surface area contributed by atoms with Gasteiger partial charge < -0.3 is 19.9 Å². The lowest BCUT2D eigenvalue weighted by Gasteiger charge is -2.39. The molecule has 3 N–H and O–H groups in total. The quantitative estimate of drug-likeness (QED) is 0.0767. The number of allylic oxidation sites excluding steroid dienone is 1. The molecule has 4 aromatic carbocycles. The van der Waals surface area contributed by atoms with E-state index in [0.29, 0.717) is 23.8 Å². The van der Waals surface area contributed by atoms with Crippen LogP contribution < -0.4 is 19.7 Å². The number of fused-ring (bicyclic) bond motifs is 1. The second-order valence-corrected chi connectivity index (χ2v) is 21.1. The van der Waals surface area contributed by atoms with E-state index in [2.05, 4.69) is 50.8 Å². The van der Waals surface area contributed by atoms with Crippen LogP contribution in [0.3, 0.4) is 0 Å². The van der Waals surface area contributed by atoms with Gasteiger partial charge in [0.05, 0.1) is 15.4 Å². The third kappa shape index (κ3) is 10.2. The molecule has 0 atom stereocenters. The van der Waals surface area contributed by atoms with Gasteiger partial charge in [-0.05, 0) is 115 Å². The molecule has 0 unspecified atom stereocenters. The Morgan fingerprint density at radius 2 is 1.74 bits per heavy atom. The SMILES string of the molecule is CC1(C)CCC(CN2CCN(c3ccc(C(=O)NS(=O)(=O)c4ccc(NCC5CCS(=O)CC5)c([N+](=O)[O-])c4)c(Oc4ccc5[nH]ccc5c4)c3)CC2)=C(c2ccc(Cl)cc2)C1. The van der Waals surface area contributed by atoms with Gasteiger partial charge in [-0.2, -0.15) is 0 Å². The van der Waals surface area contributed by atoms with Gasteiger partial charge in [-0.3, -0.25) is 24.0 Å². The number of rotatable bonds is 13. The highest BCUT2D eigenvalue weighted by atomic mass is 35.5. The van der Waals surface area contributed by atoms with E-state index < -0.39 is 42.2 Å². The number of aromatic amines is 1. The number of sulfonamides is 1. The lowest BCUT2D eigenvalue weighted by Crippen LogP contribution is -2.47.